The van der Waals surface area contributed by atoms with Gasteiger partial charge >= 0.3 is 0 Å². The smallest absolute Gasteiger partial charge is 0.297 e. The van der Waals surface area contributed by atoms with E-state index >= 15 is 0 Å². The summed E-state index contributed by atoms with van der Waals surface area (Å²) in [6.45, 7) is 8.41. The van der Waals surface area contributed by atoms with E-state index in [4.69, 9.17) is 14.2 Å². The molecule has 0 aliphatic carbocycles. The van der Waals surface area contributed by atoms with Gasteiger partial charge in [0.25, 0.3) is 5.56 Å². The summed E-state index contributed by atoms with van der Waals surface area (Å²) in [6.07, 6.45) is 13.5. The van der Waals surface area contributed by atoms with Crippen LogP contribution in [-0.2, 0) is 7.05 Å². The van der Waals surface area contributed by atoms with Crippen LogP contribution in [0.4, 0.5) is 0 Å². The van der Waals surface area contributed by atoms with Gasteiger partial charge in [-0.25, -0.2) is 0 Å². The first-order valence-electron chi connectivity index (χ1n) is 13.2. The highest BCUT2D eigenvalue weighted by Crippen LogP contribution is 2.35. The highest BCUT2D eigenvalue weighted by molar-refractivity contribution is 5.89. The van der Waals surface area contributed by atoms with E-state index in [2.05, 4.69) is 20.8 Å². The minimum absolute atomic E-state index is 0.151. The predicted octanol–water partition coefficient (Wildman–Crippen LogP) is 7.42. The lowest BCUT2D eigenvalue weighted by atomic mass is 10.1. The van der Waals surface area contributed by atoms with Crippen LogP contribution in [0.1, 0.15) is 97.8 Å². The van der Waals surface area contributed by atoms with Crippen molar-refractivity contribution in [1.82, 2.24) is 4.57 Å². The largest absolute Gasteiger partial charge is 0.494 e. The van der Waals surface area contributed by atoms with E-state index in [-0.39, 0.29) is 5.56 Å². The first-order chi connectivity index (χ1) is 16.1. The first-order valence-corrected chi connectivity index (χ1v) is 13.2. The number of aromatic nitrogens is 1. The van der Waals surface area contributed by atoms with E-state index in [1.807, 2.05) is 18.2 Å². The van der Waals surface area contributed by atoms with Gasteiger partial charge in [-0.05, 0) is 31.4 Å². The van der Waals surface area contributed by atoms with Gasteiger partial charge < -0.3 is 18.8 Å². The second kappa shape index (κ2) is 15.6. The zero-order chi connectivity index (χ0) is 23.9. The number of unbranched alkanes of at least 4 members (excludes halogenated alkanes) is 9. The van der Waals surface area contributed by atoms with Crippen LogP contribution in [0.15, 0.2) is 23.0 Å². The van der Waals surface area contributed by atoms with Crippen molar-refractivity contribution >= 4 is 10.9 Å². The molecule has 186 valence electrons. The Morgan fingerprint density at radius 3 is 1.73 bits per heavy atom. The fourth-order valence-electron chi connectivity index (χ4n) is 3.95. The number of hydrogen-bond acceptors (Lipinski definition) is 4. The van der Waals surface area contributed by atoms with Crippen molar-refractivity contribution in [1.29, 1.82) is 0 Å². The van der Waals surface area contributed by atoms with Gasteiger partial charge in [0.2, 0.25) is 5.75 Å². The van der Waals surface area contributed by atoms with Crippen molar-refractivity contribution < 1.29 is 14.2 Å². The molecule has 1 heterocycles. The molecule has 5 nitrogen and oxygen atoms in total. The normalized spacial score (nSPS) is 11.2. The zero-order valence-corrected chi connectivity index (χ0v) is 21.4. The van der Waals surface area contributed by atoms with Crippen LogP contribution in [0.25, 0.3) is 10.9 Å². The Hall–Kier alpha value is -2.17. The Morgan fingerprint density at radius 2 is 1.18 bits per heavy atom. The van der Waals surface area contributed by atoms with Crippen LogP contribution >= 0.6 is 0 Å². The molecule has 0 radical (unpaired) electrons. The van der Waals surface area contributed by atoms with E-state index in [1.165, 1.54) is 44.9 Å². The summed E-state index contributed by atoms with van der Waals surface area (Å²) >= 11 is 0. The third kappa shape index (κ3) is 8.60. The third-order valence-electron chi connectivity index (χ3n) is 6.04. The molecule has 0 saturated carbocycles. The molecule has 0 aliphatic heterocycles. The predicted molar refractivity (Wildman–Crippen MR) is 138 cm³/mol. The molecule has 0 amide bonds. The van der Waals surface area contributed by atoms with Crippen molar-refractivity contribution in [3.8, 4) is 17.2 Å². The molecule has 0 atom stereocenters. The molecule has 1 aromatic carbocycles. The molecule has 5 heteroatoms. The molecule has 1 aromatic heterocycles. The number of ether oxygens (including phenoxy) is 3. The maximum Gasteiger partial charge on any atom is 0.297 e. The molecule has 2 rings (SSSR count). The summed E-state index contributed by atoms with van der Waals surface area (Å²) in [4.78, 5) is 13.2. The lowest BCUT2D eigenvalue weighted by Crippen LogP contribution is -2.21. The quantitative estimate of drug-likeness (QED) is 0.218. The van der Waals surface area contributed by atoms with Gasteiger partial charge in [0.05, 0.1) is 25.3 Å². The van der Waals surface area contributed by atoms with Crippen molar-refractivity contribution in [3.05, 3.63) is 28.6 Å². The lowest BCUT2D eigenvalue weighted by Gasteiger charge is -2.18. The maximum atomic E-state index is 13.2. The minimum atomic E-state index is -0.151. The summed E-state index contributed by atoms with van der Waals surface area (Å²) in [5, 5.41) is 0.898. The van der Waals surface area contributed by atoms with Gasteiger partial charge in [0.1, 0.15) is 5.75 Å². The van der Waals surface area contributed by atoms with E-state index < -0.39 is 0 Å². The molecule has 0 aliphatic rings. The monoisotopic (exact) mass is 459 g/mol. The highest BCUT2D eigenvalue weighted by atomic mass is 16.5. The Bertz CT molecular complexity index is 874. The molecule has 2 aromatic rings. The number of nitrogens with zero attached hydrogens (tertiary/aromatic N) is 1. The van der Waals surface area contributed by atoms with Crippen LogP contribution in [0.2, 0.25) is 0 Å². The highest BCUT2D eigenvalue weighted by Gasteiger charge is 2.19. The number of fused-ring (bicyclic) bond motifs is 1. The summed E-state index contributed by atoms with van der Waals surface area (Å²) in [6, 6.07) is 5.93. The van der Waals surface area contributed by atoms with Crippen LogP contribution in [0.3, 0.4) is 0 Å². The number of benzene rings is 1. The van der Waals surface area contributed by atoms with Gasteiger partial charge in [-0.15, -0.1) is 0 Å². The molecular formula is C28H45NO4. The number of pyridine rings is 1. The van der Waals surface area contributed by atoms with E-state index in [0.717, 1.165) is 48.8 Å². The van der Waals surface area contributed by atoms with E-state index in [0.29, 0.717) is 31.3 Å². The van der Waals surface area contributed by atoms with Crippen LogP contribution in [-0.4, -0.2) is 24.4 Å². The van der Waals surface area contributed by atoms with Gasteiger partial charge in [-0.2, -0.15) is 0 Å². The summed E-state index contributed by atoms with van der Waals surface area (Å²) in [7, 11) is 1.80. The van der Waals surface area contributed by atoms with E-state index in [1.54, 1.807) is 11.6 Å². The van der Waals surface area contributed by atoms with Crippen molar-refractivity contribution in [3.63, 3.8) is 0 Å². The standard InChI is InChI=1S/C28H45NO4/c1-5-8-11-14-19-31-23-17-18-24-25(22-23)29(4)28(30)27(33-21-16-13-10-7-3)26(24)32-20-15-12-9-6-2/h17-18,22H,5-16,19-21H2,1-4H3. The Balaban J connectivity index is 2.25. The Morgan fingerprint density at radius 1 is 0.667 bits per heavy atom. The first kappa shape index (κ1) is 27.1. The average Bonchev–Trinajstić information content (AvgIpc) is 2.83. The van der Waals surface area contributed by atoms with Gasteiger partial charge in [0, 0.05) is 18.5 Å². The molecular weight excluding hydrogens is 414 g/mol. The van der Waals surface area contributed by atoms with Crippen molar-refractivity contribution in [2.45, 2.75) is 97.8 Å². The molecule has 33 heavy (non-hydrogen) atoms. The molecule has 0 fully saturated rings. The summed E-state index contributed by atoms with van der Waals surface area (Å²) < 4.78 is 19.8. The van der Waals surface area contributed by atoms with E-state index in [9.17, 15) is 4.79 Å². The number of hydrogen-bond donors (Lipinski definition) is 0. The van der Waals surface area contributed by atoms with Gasteiger partial charge in [-0.1, -0.05) is 78.6 Å². The zero-order valence-electron chi connectivity index (χ0n) is 21.4. The molecule has 0 unspecified atom stereocenters. The summed E-state index contributed by atoms with van der Waals surface area (Å²) in [5.41, 5.74) is 0.662. The van der Waals surface area contributed by atoms with Crippen molar-refractivity contribution in [2.24, 2.45) is 7.05 Å². The fraction of sp³-hybridized carbons (Fsp3) is 0.679. The SMILES string of the molecule is CCCCCCOc1ccc2c(OCCCCCC)c(OCCCCCC)c(=O)n(C)c2c1. The van der Waals surface area contributed by atoms with Crippen LogP contribution in [0.5, 0.6) is 17.2 Å². The van der Waals surface area contributed by atoms with Crippen molar-refractivity contribution in [2.75, 3.05) is 19.8 Å². The summed E-state index contributed by atoms with van der Waals surface area (Å²) in [5.74, 6) is 1.70. The number of aryl methyl sites for hydroxylation is 1. The fourth-order valence-corrected chi connectivity index (χ4v) is 3.95. The van der Waals surface area contributed by atoms with Crippen LogP contribution in [0, 0.1) is 0 Å². The second-order valence-corrected chi connectivity index (χ2v) is 8.93. The van der Waals surface area contributed by atoms with Crippen LogP contribution < -0.4 is 19.8 Å². The lowest BCUT2D eigenvalue weighted by molar-refractivity contribution is 0.257. The molecule has 0 spiro atoms. The minimum Gasteiger partial charge on any atom is -0.494 e. The van der Waals surface area contributed by atoms with Gasteiger partial charge in [-0.3, -0.25) is 4.79 Å². The Labute approximate surface area is 200 Å². The third-order valence-corrected chi connectivity index (χ3v) is 6.04. The van der Waals surface area contributed by atoms with Gasteiger partial charge in [0.15, 0.2) is 5.75 Å². The topological polar surface area (TPSA) is 49.7 Å². The molecule has 0 N–H and O–H groups in total. The molecule has 0 saturated heterocycles. The average molecular weight is 460 g/mol. The molecule has 0 bridgehead atoms. The maximum absolute atomic E-state index is 13.2. The second-order valence-electron chi connectivity index (χ2n) is 8.93. The Kier molecular flexibility index (Phi) is 12.8. The number of rotatable bonds is 18.